The van der Waals surface area contributed by atoms with Crippen LogP contribution in [-0.2, 0) is 13.5 Å². The van der Waals surface area contributed by atoms with Crippen molar-refractivity contribution >= 4 is 28.2 Å². The number of nitrogen functional groups attached to an aromatic ring is 1. The molecule has 29 heavy (non-hydrogen) atoms. The maximum Gasteiger partial charge on any atom is 0.133 e. The monoisotopic (exact) mass is 386 g/mol. The lowest BCUT2D eigenvalue weighted by Gasteiger charge is -2.12. The van der Waals surface area contributed by atoms with Crippen LogP contribution in [0.1, 0.15) is 36.8 Å². The first-order chi connectivity index (χ1) is 14.1. The van der Waals surface area contributed by atoms with Gasteiger partial charge in [0, 0.05) is 24.8 Å². The van der Waals surface area contributed by atoms with Crippen LogP contribution in [0.25, 0.3) is 22.2 Å². The minimum Gasteiger partial charge on any atom is -0.383 e. The Morgan fingerprint density at radius 1 is 1.14 bits per heavy atom. The molecule has 5 rings (SSSR count). The van der Waals surface area contributed by atoms with Crippen LogP contribution in [0.4, 0.5) is 17.5 Å². The van der Waals surface area contributed by atoms with Gasteiger partial charge < -0.3 is 11.1 Å². The van der Waals surface area contributed by atoms with Gasteiger partial charge in [-0.3, -0.25) is 0 Å². The zero-order chi connectivity index (χ0) is 20.0. The summed E-state index contributed by atoms with van der Waals surface area (Å²) >= 11 is 0. The number of aromatic nitrogens is 6. The summed E-state index contributed by atoms with van der Waals surface area (Å²) in [6, 6.07) is 6.10. The second-order valence-electron chi connectivity index (χ2n) is 7.46. The highest BCUT2D eigenvalue weighted by atomic mass is 15.4. The first kappa shape index (κ1) is 17.5. The number of nitrogens with two attached hydrogens (primary N) is 1. The molecule has 8 heteroatoms. The molecule has 4 aromatic heterocycles. The molecule has 1 unspecified atom stereocenters. The Balaban J connectivity index is 1.51. The normalized spacial score (nSPS) is 15.6. The third-order valence-corrected chi connectivity index (χ3v) is 5.70. The Morgan fingerprint density at radius 3 is 2.76 bits per heavy atom. The van der Waals surface area contributed by atoms with Crippen molar-refractivity contribution in [2.45, 2.75) is 32.1 Å². The van der Waals surface area contributed by atoms with E-state index in [2.05, 4.69) is 43.6 Å². The number of aryl methyl sites for hydroxylation is 2. The van der Waals surface area contributed by atoms with Crippen molar-refractivity contribution < 1.29 is 0 Å². The molecule has 0 saturated heterocycles. The predicted molar refractivity (Wildman–Crippen MR) is 113 cm³/mol. The Labute approximate surface area is 168 Å². The molecule has 1 aliphatic rings. The maximum atomic E-state index is 6.17. The Kier molecular flexibility index (Phi) is 4.12. The minimum absolute atomic E-state index is 0.430. The van der Waals surface area contributed by atoms with Crippen LogP contribution in [0.2, 0.25) is 0 Å². The summed E-state index contributed by atoms with van der Waals surface area (Å²) in [5, 5.41) is 13.0. The molecule has 8 nitrogen and oxygen atoms in total. The number of hydrogen-bond donors (Lipinski definition) is 2. The van der Waals surface area contributed by atoms with Gasteiger partial charge in [0.15, 0.2) is 0 Å². The lowest BCUT2D eigenvalue weighted by atomic mass is 10.00. The van der Waals surface area contributed by atoms with E-state index in [1.807, 2.05) is 25.4 Å². The number of nitrogens with zero attached hydrogens (tertiary/aromatic N) is 6. The Bertz CT molecular complexity index is 1210. The average Bonchev–Trinajstić information content (AvgIpc) is 3.33. The number of anilines is 3. The molecule has 146 valence electrons. The zero-order valence-electron chi connectivity index (χ0n) is 16.4. The van der Waals surface area contributed by atoms with E-state index < -0.39 is 0 Å². The van der Waals surface area contributed by atoms with Crippen molar-refractivity contribution in [3.8, 4) is 11.4 Å². The van der Waals surface area contributed by atoms with Gasteiger partial charge >= 0.3 is 0 Å². The van der Waals surface area contributed by atoms with E-state index in [-0.39, 0.29) is 0 Å². The third-order valence-electron chi connectivity index (χ3n) is 5.70. The number of rotatable bonds is 4. The molecule has 0 amide bonds. The van der Waals surface area contributed by atoms with Crippen molar-refractivity contribution in [3.63, 3.8) is 0 Å². The smallest absolute Gasteiger partial charge is 0.133 e. The molecule has 0 radical (unpaired) electrons. The summed E-state index contributed by atoms with van der Waals surface area (Å²) in [7, 11) is 1.83. The second kappa shape index (κ2) is 6.80. The van der Waals surface area contributed by atoms with Crippen molar-refractivity contribution in [2.24, 2.45) is 7.05 Å². The van der Waals surface area contributed by atoms with Gasteiger partial charge in [0.1, 0.15) is 23.1 Å². The standard InChI is InChI=1S/C21H22N8/c1-3-12-4-5-13-9-23-20(8-15(12)13)27-19-7-14-6-17(18-11-25-28-29(18)2)26-21(22)16(14)10-24-19/h6-12H,3-5H2,1-2H3,(H2,22,26)(H,23,24,27). The van der Waals surface area contributed by atoms with Gasteiger partial charge in [0.2, 0.25) is 0 Å². The molecule has 3 N–H and O–H groups in total. The molecule has 0 saturated carbocycles. The molecule has 4 heterocycles. The van der Waals surface area contributed by atoms with Crippen molar-refractivity contribution in [2.75, 3.05) is 11.1 Å². The van der Waals surface area contributed by atoms with E-state index in [0.717, 1.165) is 46.6 Å². The Morgan fingerprint density at radius 2 is 1.97 bits per heavy atom. The fraction of sp³-hybridized carbons (Fsp3) is 0.286. The summed E-state index contributed by atoms with van der Waals surface area (Å²) in [4.78, 5) is 13.6. The van der Waals surface area contributed by atoms with Crippen LogP contribution in [0, 0.1) is 0 Å². The van der Waals surface area contributed by atoms with Gasteiger partial charge in [-0.25, -0.2) is 19.6 Å². The van der Waals surface area contributed by atoms with Gasteiger partial charge in [-0.2, -0.15) is 0 Å². The molecule has 0 fully saturated rings. The molecule has 1 aliphatic carbocycles. The summed E-state index contributed by atoms with van der Waals surface area (Å²) in [5.41, 5.74) is 10.5. The average molecular weight is 386 g/mol. The third kappa shape index (κ3) is 3.06. The highest BCUT2D eigenvalue weighted by Crippen LogP contribution is 2.36. The number of fused-ring (bicyclic) bond motifs is 2. The van der Waals surface area contributed by atoms with Gasteiger partial charge in [0.25, 0.3) is 0 Å². The van der Waals surface area contributed by atoms with E-state index in [0.29, 0.717) is 11.7 Å². The highest BCUT2D eigenvalue weighted by Gasteiger charge is 2.21. The first-order valence-corrected chi connectivity index (χ1v) is 9.79. The highest BCUT2D eigenvalue weighted by molar-refractivity contribution is 5.94. The van der Waals surface area contributed by atoms with Crippen LogP contribution >= 0.6 is 0 Å². The van der Waals surface area contributed by atoms with Gasteiger partial charge in [0.05, 0.1) is 11.9 Å². The Hall–Kier alpha value is -3.55. The van der Waals surface area contributed by atoms with Crippen molar-refractivity contribution in [1.29, 1.82) is 0 Å². The van der Waals surface area contributed by atoms with E-state index in [9.17, 15) is 0 Å². The summed E-state index contributed by atoms with van der Waals surface area (Å²) in [5.74, 6) is 2.59. The van der Waals surface area contributed by atoms with E-state index >= 15 is 0 Å². The zero-order valence-corrected chi connectivity index (χ0v) is 16.4. The summed E-state index contributed by atoms with van der Waals surface area (Å²) < 4.78 is 1.67. The van der Waals surface area contributed by atoms with Gasteiger partial charge in [-0.05, 0) is 59.9 Å². The minimum atomic E-state index is 0.430. The molecule has 1 atom stereocenters. The van der Waals surface area contributed by atoms with Crippen LogP contribution < -0.4 is 11.1 Å². The largest absolute Gasteiger partial charge is 0.383 e. The van der Waals surface area contributed by atoms with E-state index in [1.54, 1.807) is 17.1 Å². The quantitative estimate of drug-likeness (QED) is 0.552. The molecular formula is C21H22N8. The maximum absolute atomic E-state index is 6.17. The second-order valence-corrected chi connectivity index (χ2v) is 7.46. The fourth-order valence-electron chi connectivity index (χ4n) is 4.09. The predicted octanol–water partition coefficient (Wildman–Crippen LogP) is 3.59. The fourth-order valence-corrected chi connectivity index (χ4v) is 4.09. The molecule has 0 aromatic carbocycles. The molecular weight excluding hydrogens is 364 g/mol. The molecule has 4 aromatic rings. The number of pyridine rings is 3. The van der Waals surface area contributed by atoms with Crippen molar-refractivity contribution in [3.05, 3.63) is 47.9 Å². The first-order valence-electron chi connectivity index (χ1n) is 9.79. The van der Waals surface area contributed by atoms with E-state index in [4.69, 9.17) is 5.73 Å². The molecule has 0 spiro atoms. The van der Waals surface area contributed by atoms with Crippen LogP contribution in [0.5, 0.6) is 0 Å². The molecule has 0 aliphatic heterocycles. The van der Waals surface area contributed by atoms with E-state index in [1.165, 1.54) is 17.5 Å². The van der Waals surface area contributed by atoms with Crippen LogP contribution in [-0.4, -0.2) is 29.9 Å². The van der Waals surface area contributed by atoms with Gasteiger partial charge in [-0.1, -0.05) is 12.1 Å². The van der Waals surface area contributed by atoms with Crippen LogP contribution in [0.3, 0.4) is 0 Å². The summed E-state index contributed by atoms with van der Waals surface area (Å²) in [6.07, 6.45) is 8.89. The lowest BCUT2D eigenvalue weighted by Crippen LogP contribution is -2.01. The molecule has 0 bridgehead atoms. The summed E-state index contributed by atoms with van der Waals surface area (Å²) in [6.45, 7) is 2.24. The SMILES string of the molecule is CCC1CCc2cnc(Nc3cc4cc(-c5cnnn5C)nc(N)c4cn3)cc21. The van der Waals surface area contributed by atoms with Crippen molar-refractivity contribution in [1.82, 2.24) is 29.9 Å². The van der Waals surface area contributed by atoms with Crippen LogP contribution in [0.15, 0.2) is 36.8 Å². The number of nitrogens with one attached hydrogen (secondary N) is 1. The van der Waals surface area contributed by atoms with Gasteiger partial charge in [-0.15, -0.1) is 5.10 Å². The topological polar surface area (TPSA) is 107 Å². The lowest BCUT2D eigenvalue weighted by molar-refractivity contribution is 0.656. The number of hydrogen-bond acceptors (Lipinski definition) is 7.